The second-order valence-electron chi connectivity index (χ2n) is 4.81. The van der Waals surface area contributed by atoms with Crippen LogP contribution in [0.1, 0.15) is 27.2 Å². The van der Waals surface area contributed by atoms with Crippen LogP contribution < -0.4 is 5.32 Å². The smallest absolute Gasteiger partial charge is 0.349 e. The van der Waals surface area contributed by atoms with Crippen LogP contribution in [0.2, 0.25) is 0 Å². The van der Waals surface area contributed by atoms with Gasteiger partial charge in [0.1, 0.15) is 10.6 Å². The molecule has 0 radical (unpaired) electrons. The lowest BCUT2D eigenvalue weighted by Gasteiger charge is -2.16. The summed E-state index contributed by atoms with van der Waals surface area (Å²) >= 11 is 1.25. The molecule has 0 spiro atoms. The number of amides is 1. The normalized spacial score (nSPS) is 11.7. The van der Waals surface area contributed by atoms with Gasteiger partial charge in [-0.3, -0.25) is 9.78 Å². The summed E-state index contributed by atoms with van der Waals surface area (Å²) in [7, 11) is 0. The molecule has 122 valence electrons. The number of rotatable bonds is 6. The van der Waals surface area contributed by atoms with Crippen molar-refractivity contribution in [2.24, 2.45) is 0 Å². The van der Waals surface area contributed by atoms with Crippen LogP contribution in [0.25, 0.3) is 0 Å². The van der Waals surface area contributed by atoms with E-state index < -0.39 is 18.0 Å². The molecule has 0 unspecified atom stereocenters. The maximum atomic E-state index is 12.5. The fourth-order valence-electron chi connectivity index (χ4n) is 2.02. The molecule has 7 heteroatoms. The average Bonchev–Trinajstić information content (AvgIpc) is 3.31. The van der Waals surface area contributed by atoms with E-state index >= 15 is 0 Å². The number of hydrogen-bond acceptors (Lipinski definition) is 6. The van der Waals surface area contributed by atoms with Crippen LogP contribution in [0.15, 0.2) is 64.7 Å². The molecule has 1 atom stereocenters. The molecule has 0 aromatic carbocycles. The van der Waals surface area contributed by atoms with Crippen molar-refractivity contribution in [3.8, 4) is 0 Å². The second kappa shape index (κ2) is 7.56. The molecule has 1 N–H and O–H groups in total. The molecule has 3 heterocycles. The van der Waals surface area contributed by atoms with Gasteiger partial charge in [0.25, 0.3) is 5.91 Å². The molecule has 3 aromatic rings. The zero-order valence-electron chi connectivity index (χ0n) is 12.5. The first-order valence-electron chi connectivity index (χ1n) is 7.19. The summed E-state index contributed by atoms with van der Waals surface area (Å²) in [4.78, 5) is 29.2. The fourth-order valence-corrected chi connectivity index (χ4v) is 2.62. The van der Waals surface area contributed by atoms with E-state index in [1.54, 1.807) is 54.0 Å². The Kier molecular flexibility index (Phi) is 5.02. The third-order valence-corrected chi connectivity index (χ3v) is 4.01. The van der Waals surface area contributed by atoms with Crippen LogP contribution >= 0.6 is 11.3 Å². The number of nitrogens with one attached hydrogen (secondary N) is 1. The lowest BCUT2D eigenvalue weighted by Crippen LogP contribution is -2.32. The molecule has 0 aliphatic heterocycles. The van der Waals surface area contributed by atoms with Crippen molar-refractivity contribution >= 4 is 23.2 Å². The average molecular weight is 342 g/mol. The van der Waals surface area contributed by atoms with Gasteiger partial charge in [-0.2, -0.15) is 0 Å². The van der Waals surface area contributed by atoms with Gasteiger partial charge in [-0.15, -0.1) is 11.3 Å². The lowest BCUT2D eigenvalue weighted by molar-refractivity contribution is -0.130. The van der Waals surface area contributed by atoms with Crippen LogP contribution in [0, 0.1) is 0 Å². The monoisotopic (exact) mass is 342 g/mol. The van der Waals surface area contributed by atoms with Crippen molar-refractivity contribution in [3.63, 3.8) is 0 Å². The van der Waals surface area contributed by atoms with Gasteiger partial charge in [0, 0.05) is 6.20 Å². The highest BCUT2D eigenvalue weighted by molar-refractivity contribution is 7.11. The highest BCUT2D eigenvalue weighted by Gasteiger charge is 2.27. The summed E-state index contributed by atoms with van der Waals surface area (Å²) in [6.45, 7) is 0.200. The topological polar surface area (TPSA) is 81.4 Å². The number of thiophene rings is 1. The zero-order valence-corrected chi connectivity index (χ0v) is 13.4. The Morgan fingerprint density at radius 3 is 2.79 bits per heavy atom. The maximum absolute atomic E-state index is 12.5. The molecule has 0 aliphatic carbocycles. The number of hydrogen-bond donors (Lipinski definition) is 1. The van der Waals surface area contributed by atoms with E-state index in [0.29, 0.717) is 16.3 Å². The zero-order chi connectivity index (χ0) is 16.8. The van der Waals surface area contributed by atoms with Crippen LogP contribution in [-0.2, 0) is 16.1 Å². The second-order valence-corrected chi connectivity index (χ2v) is 5.76. The summed E-state index contributed by atoms with van der Waals surface area (Å²) in [6, 6.07) is 12.0. The van der Waals surface area contributed by atoms with Crippen molar-refractivity contribution in [2.75, 3.05) is 0 Å². The summed E-state index contributed by atoms with van der Waals surface area (Å²) in [6.07, 6.45) is 1.94. The van der Waals surface area contributed by atoms with Gasteiger partial charge in [0.15, 0.2) is 0 Å². The van der Waals surface area contributed by atoms with Gasteiger partial charge in [-0.05, 0) is 35.7 Å². The van der Waals surface area contributed by atoms with E-state index in [4.69, 9.17) is 9.15 Å². The third kappa shape index (κ3) is 3.88. The minimum Gasteiger partial charge on any atom is -0.467 e. The summed E-state index contributed by atoms with van der Waals surface area (Å²) in [5, 5.41) is 4.45. The van der Waals surface area contributed by atoms with Crippen LogP contribution in [-0.4, -0.2) is 16.9 Å². The Morgan fingerprint density at radius 2 is 2.12 bits per heavy atom. The van der Waals surface area contributed by atoms with Crippen molar-refractivity contribution in [2.45, 2.75) is 12.6 Å². The Bertz CT molecular complexity index is 785. The molecule has 0 bridgehead atoms. The number of carbonyl (C=O) groups is 2. The fraction of sp³-hybridized carbons (Fsp3) is 0.118. The van der Waals surface area contributed by atoms with Gasteiger partial charge >= 0.3 is 5.97 Å². The number of nitrogens with zero attached hydrogens (tertiary/aromatic N) is 1. The number of carbonyl (C=O) groups excluding carboxylic acids is 2. The number of furan rings is 1. The maximum Gasteiger partial charge on any atom is 0.349 e. The Labute approximate surface area is 142 Å². The molecule has 3 aromatic heterocycles. The lowest BCUT2D eigenvalue weighted by atomic mass is 10.2. The van der Waals surface area contributed by atoms with E-state index in [1.165, 1.54) is 17.6 Å². The van der Waals surface area contributed by atoms with E-state index in [1.807, 2.05) is 0 Å². The van der Waals surface area contributed by atoms with E-state index in [0.717, 1.165) is 0 Å². The van der Waals surface area contributed by atoms with Gasteiger partial charge in [-0.1, -0.05) is 12.1 Å². The number of pyridine rings is 1. The van der Waals surface area contributed by atoms with Crippen molar-refractivity contribution in [1.29, 1.82) is 0 Å². The number of ether oxygens (including phenoxy) is 1. The van der Waals surface area contributed by atoms with E-state index in [9.17, 15) is 9.59 Å². The SMILES string of the molecule is O=C(O[C@H](C(=O)NCc1ccco1)c1ccccn1)c1cccs1. The first-order valence-corrected chi connectivity index (χ1v) is 8.07. The Morgan fingerprint density at radius 1 is 1.21 bits per heavy atom. The molecule has 1 amide bonds. The Hall–Kier alpha value is -2.93. The first-order chi connectivity index (χ1) is 11.7. The highest BCUT2D eigenvalue weighted by atomic mass is 32.1. The molecular formula is C17H14N2O4S. The Balaban J connectivity index is 1.74. The van der Waals surface area contributed by atoms with Gasteiger partial charge in [0.05, 0.1) is 18.5 Å². The van der Waals surface area contributed by atoms with Crippen molar-refractivity contribution < 1.29 is 18.7 Å². The van der Waals surface area contributed by atoms with Crippen LogP contribution in [0.3, 0.4) is 0 Å². The van der Waals surface area contributed by atoms with Gasteiger partial charge in [-0.25, -0.2) is 4.79 Å². The molecule has 0 saturated heterocycles. The quantitative estimate of drug-likeness (QED) is 0.697. The number of aromatic nitrogens is 1. The van der Waals surface area contributed by atoms with Crippen LogP contribution in [0.5, 0.6) is 0 Å². The molecule has 0 saturated carbocycles. The summed E-state index contributed by atoms with van der Waals surface area (Å²) in [5.41, 5.74) is 0.361. The molecular weight excluding hydrogens is 328 g/mol. The summed E-state index contributed by atoms with van der Waals surface area (Å²) in [5.74, 6) is -0.420. The van der Waals surface area contributed by atoms with Crippen LogP contribution in [0.4, 0.5) is 0 Å². The highest BCUT2D eigenvalue weighted by Crippen LogP contribution is 2.20. The number of esters is 1. The predicted octanol–water partition coefficient (Wildman–Crippen LogP) is 2.95. The summed E-state index contributed by atoms with van der Waals surface area (Å²) < 4.78 is 10.6. The first kappa shape index (κ1) is 15.9. The van der Waals surface area contributed by atoms with Gasteiger partial charge < -0.3 is 14.5 Å². The minimum atomic E-state index is -1.13. The molecule has 0 aliphatic rings. The van der Waals surface area contributed by atoms with Gasteiger partial charge in [0.2, 0.25) is 6.10 Å². The van der Waals surface area contributed by atoms with E-state index in [-0.39, 0.29) is 6.54 Å². The molecule has 0 fully saturated rings. The molecule has 3 rings (SSSR count). The third-order valence-electron chi connectivity index (χ3n) is 3.16. The van der Waals surface area contributed by atoms with Crippen molar-refractivity contribution in [3.05, 3.63) is 76.6 Å². The minimum absolute atomic E-state index is 0.200. The van der Waals surface area contributed by atoms with E-state index in [2.05, 4.69) is 10.3 Å². The predicted molar refractivity (Wildman–Crippen MR) is 87.3 cm³/mol. The molecule has 6 nitrogen and oxygen atoms in total. The standard InChI is InChI=1S/C17H14N2O4S/c20-16(19-11-12-5-3-9-22-12)15(13-6-1-2-8-18-13)23-17(21)14-7-4-10-24-14/h1-10,15H,11H2,(H,19,20)/t15-/m0/s1. The molecule has 24 heavy (non-hydrogen) atoms. The van der Waals surface area contributed by atoms with Crippen molar-refractivity contribution in [1.82, 2.24) is 10.3 Å². The largest absolute Gasteiger partial charge is 0.467 e.